The Hall–Kier alpha value is -3.02. The van der Waals surface area contributed by atoms with Gasteiger partial charge in [0.15, 0.2) is 0 Å². The van der Waals surface area contributed by atoms with Gasteiger partial charge < -0.3 is 0 Å². The zero-order valence-electron chi connectivity index (χ0n) is 11.6. The fourth-order valence-electron chi connectivity index (χ4n) is 2.67. The number of imide groups is 1. The van der Waals surface area contributed by atoms with Crippen LogP contribution in [-0.2, 0) is 6.42 Å². The Morgan fingerprint density at radius 3 is 2.41 bits per heavy atom. The molecule has 0 unspecified atom stereocenters. The van der Waals surface area contributed by atoms with Gasteiger partial charge in [0, 0.05) is 31.6 Å². The maximum Gasteiger partial charge on any atom is 0.261 e. The van der Waals surface area contributed by atoms with Crippen molar-refractivity contribution >= 4 is 17.6 Å². The van der Waals surface area contributed by atoms with Gasteiger partial charge in [-0.2, -0.15) is 0 Å². The molecular weight excluding hydrogens is 280 g/mol. The highest BCUT2D eigenvalue weighted by Gasteiger charge is 2.34. The zero-order chi connectivity index (χ0) is 15.1. The van der Waals surface area contributed by atoms with Crippen LogP contribution in [0, 0.1) is 0 Å². The number of benzene rings is 1. The molecule has 0 saturated carbocycles. The van der Waals surface area contributed by atoms with Crippen molar-refractivity contribution in [2.75, 3.05) is 6.54 Å². The first-order valence-electron chi connectivity index (χ1n) is 6.98. The summed E-state index contributed by atoms with van der Waals surface area (Å²) in [6.45, 7) is 0.316. The Morgan fingerprint density at radius 1 is 1.00 bits per heavy atom. The second-order valence-electron chi connectivity index (χ2n) is 5.12. The highest BCUT2D eigenvalue weighted by atomic mass is 16.2. The zero-order valence-corrected chi connectivity index (χ0v) is 11.6. The first-order chi connectivity index (χ1) is 10.7. The molecule has 108 valence electrons. The molecule has 0 fully saturated rings. The van der Waals surface area contributed by atoms with Gasteiger partial charge in [0.2, 0.25) is 5.78 Å². The lowest BCUT2D eigenvalue weighted by Crippen LogP contribution is -2.31. The second kappa shape index (κ2) is 4.77. The quantitative estimate of drug-likeness (QED) is 0.687. The Balaban J connectivity index is 1.55. The van der Waals surface area contributed by atoms with Gasteiger partial charge in [-0.15, -0.1) is 0 Å². The fraction of sp³-hybridized carbons (Fsp3) is 0.125. The Bertz CT molecular complexity index is 832. The number of imidazole rings is 1. The van der Waals surface area contributed by atoms with Crippen molar-refractivity contribution in [3.8, 4) is 0 Å². The van der Waals surface area contributed by atoms with E-state index < -0.39 is 0 Å². The summed E-state index contributed by atoms with van der Waals surface area (Å²) in [6, 6.07) is 8.72. The van der Waals surface area contributed by atoms with Crippen LogP contribution in [0.15, 0.2) is 48.9 Å². The number of aromatic nitrogens is 3. The molecule has 1 aliphatic heterocycles. The van der Waals surface area contributed by atoms with Crippen LogP contribution in [0.2, 0.25) is 0 Å². The smallest absolute Gasteiger partial charge is 0.261 e. The van der Waals surface area contributed by atoms with Crippen molar-refractivity contribution in [3.05, 3.63) is 65.7 Å². The molecule has 2 amide bonds. The summed E-state index contributed by atoms with van der Waals surface area (Å²) in [5, 5.41) is 0. The average molecular weight is 292 g/mol. The second-order valence-corrected chi connectivity index (χ2v) is 5.12. The van der Waals surface area contributed by atoms with E-state index in [0.29, 0.717) is 29.9 Å². The summed E-state index contributed by atoms with van der Waals surface area (Å²) in [5.74, 6) is 0.143. The van der Waals surface area contributed by atoms with Crippen molar-refractivity contribution < 1.29 is 9.59 Å². The number of nitrogens with zero attached hydrogens (tertiary/aromatic N) is 4. The van der Waals surface area contributed by atoms with Gasteiger partial charge in [-0.25, -0.2) is 9.97 Å². The summed E-state index contributed by atoms with van der Waals surface area (Å²) in [4.78, 5) is 34.3. The molecule has 6 nitrogen and oxygen atoms in total. The van der Waals surface area contributed by atoms with Crippen molar-refractivity contribution in [1.29, 1.82) is 0 Å². The van der Waals surface area contributed by atoms with Gasteiger partial charge in [0.05, 0.1) is 16.8 Å². The molecule has 3 aromatic rings. The van der Waals surface area contributed by atoms with Gasteiger partial charge >= 0.3 is 0 Å². The van der Waals surface area contributed by atoms with Crippen LogP contribution in [0.4, 0.5) is 0 Å². The average Bonchev–Trinajstić information content (AvgIpc) is 3.06. The van der Waals surface area contributed by atoms with E-state index >= 15 is 0 Å². The Labute approximate surface area is 126 Å². The van der Waals surface area contributed by atoms with E-state index in [1.54, 1.807) is 30.5 Å². The number of carbonyl (C=O) groups is 2. The molecule has 6 heteroatoms. The summed E-state index contributed by atoms with van der Waals surface area (Å²) >= 11 is 0. The molecular formula is C16H12N4O2. The van der Waals surface area contributed by atoms with Crippen LogP contribution in [0.3, 0.4) is 0 Å². The summed E-state index contributed by atoms with van der Waals surface area (Å²) in [6.07, 6.45) is 5.91. The van der Waals surface area contributed by atoms with Crippen molar-refractivity contribution in [1.82, 2.24) is 19.3 Å². The van der Waals surface area contributed by atoms with E-state index in [9.17, 15) is 9.59 Å². The standard InChI is InChI=1S/C16H12N4O2/c21-14-12-4-1-2-5-13(12)15(22)20(14)9-6-11-10-19-8-3-7-17-16(19)18-11/h1-5,7-8,10H,6,9H2. The van der Waals surface area contributed by atoms with Crippen LogP contribution in [-0.4, -0.2) is 37.6 Å². The van der Waals surface area contributed by atoms with Crippen molar-refractivity contribution in [2.24, 2.45) is 0 Å². The van der Waals surface area contributed by atoms with Crippen LogP contribution in [0.1, 0.15) is 26.4 Å². The van der Waals surface area contributed by atoms with Crippen LogP contribution >= 0.6 is 0 Å². The van der Waals surface area contributed by atoms with E-state index in [0.717, 1.165) is 5.69 Å². The number of carbonyl (C=O) groups excluding carboxylic acids is 2. The van der Waals surface area contributed by atoms with E-state index in [1.165, 1.54) is 4.90 Å². The van der Waals surface area contributed by atoms with Crippen molar-refractivity contribution in [2.45, 2.75) is 6.42 Å². The van der Waals surface area contributed by atoms with Crippen LogP contribution < -0.4 is 0 Å². The highest BCUT2D eigenvalue weighted by molar-refractivity contribution is 6.21. The van der Waals surface area contributed by atoms with Crippen molar-refractivity contribution in [3.63, 3.8) is 0 Å². The molecule has 2 aromatic heterocycles. The van der Waals surface area contributed by atoms with Gasteiger partial charge in [-0.05, 0) is 18.2 Å². The molecule has 0 N–H and O–H groups in total. The Kier molecular flexibility index (Phi) is 2.75. The van der Waals surface area contributed by atoms with E-state index in [-0.39, 0.29) is 11.8 Å². The summed E-state index contributed by atoms with van der Waals surface area (Å²) < 4.78 is 1.82. The number of hydrogen-bond donors (Lipinski definition) is 0. The fourth-order valence-corrected chi connectivity index (χ4v) is 2.67. The minimum atomic E-state index is -0.234. The lowest BCUT2D eigenvalue weighted by molar-refractivity contribution is 0.0656. The molecule has 0 aliphatic carbocycles. The molecule has 4 rings (SSSR count). The minimum absolute atomic E-state index is 0.234. The van der Waals surface area contributed by atoms with Gasteiger partial charge in [0.1, 0.15) is 0 Å². The topological polar surface area (TPSA) is 67.6 Å². The molecule has 0 radical (unpaired) electrons. The van der Waals surface area contributed by atoms with Gasteiger partial charge in [-0.1, -0.05) is 12.1 Å². The molecule has 0 bridgehead atoms. The predicted molar refractivity (Wildman–Crippen MR) is 78.5 cm³/mol. The first-order valence-corrected chi connectivity index (χ1v) is 6.98. The van der Waals surface area contributed by atoms with Gasteiger partial charge in [-0.3, -0.25) is 18.9 Å². The molecule has 0 saturated heterocycles. The maximum absolute atomic E-state index is 12.3. The molecule has 3 heterocycles. The number of rotatable bonds is 3. The van der Waals surface area contributed by atoms with Crippen LogP contribution in [0.5, 0.6) is 0 Å². The molecule has 0 spiro atoms. The SMILES string of the molecule is O=C1c2ccccc2C(=O)N1CCc1cn2cccnc2n1. The largest absolute Gasteiger partial charge is 0.291 e. The van der Waals surface area contributed by atoms with E-state index in [1.807, 2.05) is 22.9 Å². The van der Waals surface area contributed by atoms with E-state index in [2.05, 4.69) is 9.97 Å². The molecule has 1 aromatic carbocycles. The monoisotopic (exact) mass is 292 g/mol. The van der Waals surface area contributed by atoms with Crippen LogP contribution in [0.25, 0.3) is 5.78 Å². The number of fused-ring (bicyclic) bond motifs is 2. The summed E-state index contributed by atoms with van der Waals surface area (Å²) in [7, 11) is 0. The highest BCUT2D eigenvalue weighted by Crippen LogP contribution is 2.22. The molecule has 22 heavy (non-hydrogen) atoms. The lowest BCUT2D eigenvalue weighted by Gasteiger charge is -2.12. The third-order valence-electron chi connectivity index (χ3n) is 3.76. The van der Waals surface area contributed by atoms with E-state index in [4.69, 9.17) is 0 Å². The molecule has 0 atom stereocenters. The normalized spacial score (nSPS) is 13.9. The number of amides is 2. The number of hydrogen-bond acceptors (Lipinski definition) is 4. The maximum atomic E-state index is 12.3. The third kappa shape index (κ3) is 1.88. The lowest BCUT2D eigenvalue weighted by atomic mass is 10.1. The predicted octanol–water partition coefficient (Wildman–Crippen LogP) is 1.57. The minimum Gasteiger partial charge on any atom is -0.291 e. The first kappa shape index (κ1) is 12.7. The Morgan fingerprint density at radius 2 is 1.73 bits per heavy atom. The third-order valence-corrected chi connectivity index (χ3v) is 3.76. The summed E-state index contributed by atoms with van der Waals surface area (Å²) in [5.41, 5.74) is 1.75. The molecule has 1 aliphatic rings. The van der Waals surface area contributed by atoms with Gasteiger partial charge in [0.25, 0.3) is 11.8 Å².